The van der Waals surface area contributed by atoms with Gasteiger partial charge in [0.15, 0.2) is 0 Å². The van der Waals surface area contributed by atoms with E-state index in [0.717, 1.165) is 25.1 Å². The molecule has 0 saturated carbocycles. The van der Waals surface area contributed by atoms with Crippen molar-refractivity contribution in [1.29, 1.82) is 0 Å². The number of nitrogens with two attached hydrogens (primary N) is 1. The van der Waals surface area contributed by atoms with E-state index >= 15 is 0 Å². The minimum atomic E-state index is -0.0838. The Balaban J connectivity index is 2.56. The Morgan fingerprint density at radius 2 is 2.16 bits per heavy atom. The molecular formula is C14H23N3O2. The molecule has 0 aliphatic carbocycles. The number of carbonyl (C=O) groups is 1. The molecule has 0 unspecified atom stereocenters. The van der Waals surface area contributed by atoms with Crippen LogP contribution >= 0.6 is 0 Å². The normalized spacial score (nSPS) is 10.2. The van der Waals surface area contributed by atoms with Crippen LogP contribution in [-0.4, -0.2) is 32.7 Å². The fourth-order valence-electron chi connectivity index (χ4n) is 1.65. The Morgan fingerprint density at radius 1 is 1.37 bits per heavy atom. The van der Waals surface area contributed by atoms with Crippen molar-refractivity contribution in [2.45, 2.75) is 19.8 Å². The Bertz CT molecular complexity index is 408. The van der Waals surface area contributed by atoms with E-state index in [1.165, 1.54) is 0 Å². The van der Waals surface area contributed by atoms with Gasteiger partial charge in [0.2, 0.25) is 0 Å². The van der Waals surface area contributed by atoms with Gasteiger partial charge in [0.05, 0.1) is 11.4 Å². The topological polar surface area (TPSA) is 76.4 Å². The molecule has 1 aromatic rings. The number of carbonyl (C=O) groups excluding carboxylic acids is 1. The highest BCUT2D eigenvalue weighted by Crippen LogP contribution is 2.19. The van der Waals surface area contributed by atoms with Crippen molar-refractivity contribution in [2.24, 2.45) is 0 Å². The van der Waals surface area contributed by atoms with E-state index in [0.29, 0.717) is 24.4 Å². The number of methoxy groups -OCH3 is 1. The van der Waals surface area contributed by atoms with Crippen molar-refractivity contribution in [3.63, 3.8) is 0 Å². The molecule has 0 bridgehead atoms. The van der Waals surface area contributed by atoms with Crippen LogP contribution in [0, 0.1) is 0 Å². The number of benzene rings is 1. The lowest BCUT2D eigenvalue weighted by Gasteiger charge is -2.11. The molecule has 0 saturated heterocycles. The molecule has 4 N–H and O–H groups in total. The number of anilines is 2. The summed E-state index contributed by atoms with van der Waals surface area (Å²) in [5, 5.41) is 6.04. The summed E-state index contributed by atoms with van der Waals surface area (Å²) in [6, 6.07) is 5.31. The van der Waals surface area contributed by atoms with Crippen molar-refractivity contribution in [3.05, 3.63) is 23.8 Å². The summed E-state index contributed by atoms with van der Waals surface area (Å²) >= 11 is 0. The SMILES string of the molecule is CCCNC(=O)c1ccc(NCCCOC)c(N)c1. The second kappa shape index (κ2) is 8.37. The van der Waals surface area contributed by atoms with E-state index in [9.17, 15) is 4.79 Å². The fraction of sp³-hybridized carbons (Fsp3) is 0.500. The van der Waals surface area contributed by atoms with Gasteiger partial charge in [0.1, 0.15) is 0 Å². The number of ether oxygens (including phenoxy) is 1. The zero-order chi connectivity index (χ0) is 14.1. The average molecular weight is 265 g/mol. The van der Waals surface area contributed by atoms with Gasteiger partial charge in [-0.3, -0.25) is 4.79 Å². The molecule has 0 aliphatic rings. The van der Waals surface area contributed by atoms with Crippen LogP contribution in [0.15, 0.2) is 18.2 Å². The maximum absolute atomic E-state index is 11.8. The first-order valence-corrected chi connectivity index (χ1v) is 6.59. The largest absolute Gasteiger partial charge is 0.397 e. The molecule has 0 radical (unpaired) electrons. The van der Waals surface area contributed by atoms with Gasteiger partial charge in [-0.25, -0.2) is 0 Å². The summed E-state index contributed by atoms with van der Waals surface area (Å²) < 4.78 is 4.97. The van der Waals surface area contributed by atoms with Crippen molar-refractivity contribution in [1.82, 2.24) is 5.32 Å². The van der Waals surface area contributed by atoms with Crippen LogP contribution in [0.4, 0.5) is 11.4 Å². The van der Waals surface area contributed by atoms with E-state index in [-0.39, 0.29) is 5.91 Å². The Kier molecular flexibility index (Phi) is 6.74. The van der Waals surface area contributed by atoms with Crippen LogP contribution in [0.1, 0.15) is 30.1 Å². The summed E-state index contributed by atoms with van der Waals surface area (Å²) in [7, 11) is 1.68. The average Bonchev–Trinajstić information content (AvgIpc) is 2.42. The Morgan fingerprint density at radius 3 is 2.79 bits per heavy atom. The summed E-state index contributed by atoms with van der Waals surface area (Å²) in [4.78, 5) is 11.8. The number of nitrogen functional groups attached to an aromatic ring is 1. The fourth-order valence-corrected chi connectivity index (χ4v) is 1.65. The number of hydrogen-bond acceptors (Lipinski definition) is 4. The second-order valence-corrected chi connectivity index (χ2v) is 4.33. The van der Waals surface area contributed by atoms with Crippen molar-refractivity contribution >= 4 is 17.3 Å². The van der Waals surface area contributed by atoms with Crippen molar-refractivity contribution in [3.8, 4) is 0 Å². The smallest absolute Gasteiger partial charge is 0.251 e. The highest BCUT2D eigenvalue weighted by molar-refractivity contribution is 5.96. The first kappa shape index (κ1) is 15.3. The maximum atomic E-state index is 11.8. The zero-order valence-electron chi connectivity index (χ0n) is 11.7. The molecule has 0 heterocycles. The molecule has 0 aromatic heterocycles. The van der Waals surface area contributed by atoms with Gasteiger partial charge in [0.25, 0.3) is 5.91 Å². The molecule has 0 aliphatic heterocycles. The molecule has 0 fully saturated rings. The van der Waals surface area contributed by atoms with Crippen molar-refractivity contribution < 1.29 is 9.53 Å². The Labute approximate surface area is 114 Å². The van der Waals surface area contributed by atoms with Crippen LogP contribution in [0.2, 0.25) is 0 Å². The summed E-state index contributed by atoms with van der Waals surface area (Å²) in [5.74, 6) is -0.0838. The van der Waals surface area contributed by atoms with Crippen LogP contribution in [0.3, 0.4) is 0 Å². The predicted octanol–water partition coefficient (Wildman–Crippen LogP) is 1.86. The number of hydrogen-bond donors (Lipinski definition) is 3. The van der Waals surface area contributed by atoms with Gasteiger partial charge in [-0.15, -0.1) is 0 Å². The Hall–Kier alpha value is -1.75. The first-order valence-electron chi connectivity index (χ1n) is 6.59. The van der Waals surface area contributed by atoms with Crippen LogP contribution in [0.5, 0.6) is 0 Å². The van der Waals surface area contributed by atoms with Crippen LogP contribution in [-0.2, 0) is 4.74 Å². The van der Waals surface area contributed by atoms with Gasteiger partial charge in [-0.2, -0.15) is 0 Å². The molecule has 1 rings (SSSR count). The lowest BCUT2D eigenvalue weighted by molar-refractivity contribution is 0.0953. The molecule has 1 amide bonds. The molecular weight excluding hydrogens is 242 g/mol. The van der Waals surface area contributed by atoms with Gasteiger partial charge in [-0.1, -0.05) is 6.92 Å². The predicted molar refractivity (Wildman–Crippen MR) is 78.5 cm³/mol. The molecule has 1 aromatic carbocycles. The standard InChI is InChI=1S/C14H23N3O2/c1-3-7-17-14(18)11-5-6-13(12(15)10-11)16-8-4-9-19-2/h5-6,10,16H,3-4,7-9,15H2,1-2H3,(H,17,18). The first-order chi connectivity index (χ1) is 9.19. The lowest BCUT2D eigenvalue weighted by atomic mass is 10.1. The number of rotatable bonds is 8. The van der Waals surface area contributed by atoms with Gasteiger partial charge >= 0.3 is 0 Å². The third-order valence-electron chi connectivity index (χ3n) is 2.69. The van der Waals surface area contributed by atoms with E-state index < -0.39 is 0 Å². The number of nitrogens with one attached hydrogen (secondary N) is 2. The molecule has 19 heavy (non-hydrogen) atoms. The monoisotopic (exact) mass is 265 g/mol. The third kappa shape index (κ3) is 5.18. The molecule has 0 atom stereocenters. The highest BCUT2D eigenvalue weighted by Gasteiger charge is 2.07. The molecule has 5 heteroatoms. The van der Waals surface area contributed by atoms with E-state index in [2.05, 4.69) is 10.6 Å². The quantitative estimate of drug-likeness (QED) is 0.495. The molecule has 5 nitrogen and oxygen atoms in total. The van der Waals surface area contributed by atoms with E-state index in [4.69, 9.17) is 10.5 Å². The van der Waals surface area contributed by atoms with Gasteiger partial charge in [0, 0.05) is 32.4 Å². The summed E-state index contributed by atoms with van der Waals surface area (Å²) in [6.45, 7) is 4.20. The highest BCUT2D eigenvalue weighted by atomic mass is 16.5. The maximum Gasteiger partial charge on any atom is 0.251 e. The van der Waals surface area contributed by atoms with Gasteiger partial charge < -0.3 is 21.1 Å². The van der Waals surface area contributed by atoms with Crippen LogP contribution in [0.25, 0.3) is 0 Å². The number of amides is 1. The lowest BCUT2D eigenvalue weighted by Crippen LogP contribution is -2.24. The summed E-state index contributed by atoms with van der Waals surface area (Å²) in [6.07, 6.45) is 1.83. The minimum Gasteiger partial charge on any atom is -0.397 e. The zero-order valence-corrected chi connectivity index (χ0v) is 11.7. The van der Waals surface area contributed by atoms with Gasteiger partial charge in [-0.05, 0) is 31.0 Å². The van der Waals surface area contributed by atoms with Crippen LogP contribution < -0.4 is 16.4 Å². The van der Waals surface area contributed by atoms with Crippen molar-refractivity contribution in [2.75, 3.05) is 37.9 Å². The molecule has 106 valence electrons. The third-order valence-corrected chi connectivity index (χ3v) is 2.69. The molecule has 0 spiro atoms. The second-order valence-electron chi connectivity index (χ2n) is 4.33. The minimum absolute atomic E-state index is 0.0838. The summed E-state index contributed by atoms with van der Waals surface area (Å²) in [5.41, 5.74) is 7.95. The van der Waals surface area contributed by atoms with E-state index in [1.54, 1.807) is 19.2 Å². The van der Waals surface area contributed by atoms with E-state index in [1.807, 2.05) is 13.0 Å².